The van der Waals surface area contributed by atoms with Crippen molar-refractivity contribution < 1.29 is 45.4 Å². The van der Waals surface area contributed by atoms with Gasteiger partial charge < -0.3 is 14.4 Å². The molecule has 28 heavy (non-hydrogen) atoms. The maximum absolute atomic E-state index is 14.3. The smallest absolute Gasteiger partial charge is 0.419 e. The van der Waals surface area contributed by atoms with Gasteiger partial charge in [-0.25, -0.2) is 22.8 Å². The summed E-state index contributed by atoms with van der Waals surface area (Å²) in [4.78, 5) is 24.6. The molecule has 1 aromatic rings. The van der Waals surface area contributed by atoms with E-state index in [1.165, 1.54) is 6.08 Å². The van der Waals surface area contributed by atoms with Crippen LogP contribution in [0.15, 0.2) is 41.8 Å². The molecule has 0 aromatic heterocycles. The number of anilines is 1. The first-order valence-electron chi connectivity index (χ1n) is 7.34. The van der Waals surface area contributed by atoms with Gasteiger partial charge in [-0.1, -0.05) is 6.08 Å². The summed E-state index contributed by atoms with van der Waals surface area (Å²) in [7, 11) is 1.85. The molecule has 150 valence electrons. The minimum Gasteiger partial charge on any atom is -0.465 e. The Hall–Kier alpha value is -3.24. The summed E-state index contributed by atoms with van der Waals surface area (Å²) in [6, 6.07) is -0.0265. The Morgan fingerprint density at radius 1 is 0.929 bits per heavy atom. The second kappa shape index (κ2) is 7.79. The normalized spacial score (nSPS) is 14.2. The minimum absolute atomic E-state index is 0.0265. The second-order valence-electron chi connectivity index (χ2n) is 5.20. The molecule has 0 N–H and O–H groups in total. The van der Waals surface area contributed by atoms with Crippen molar-refractivity contribution in [2.24, 2.45) is 0 Å². The van der Waals surface area contributed by atoms with E-state index in [0.717, 1.165) is 32.6 Å². The average molecular weight is 407 g/mol. The van der Waals surface area contributed by atoms with Crippen LogP contribution in [0.5, 0.6) is 0 Å². The molecule has 0 fully saturated rings. The summed E-state index contributed by atoms with van der Waals surface area (Å²) in [5.41, 5.74) is -4.56. The van der Waals surface area contributed by atoms with Crippen molar-refractivity contribution >= 4 is 17.6 Å². The lowest BCUT2D eigenvalue weighted by atomic mass is 10.1. The standard InChI is InChI=1S/C17H11F6NO4/c1-27-15(25)8-5-3-4-6-24(14(8)16(26)28-2)10-7-9(17(21,22)23)11(18)13(20)12(10)19/h3-7H,1-2H3. The fraction of sp³-hybridized carbons (Fsp3) is 0.176. The summed E-state index contributed by atoms with van der Waals surface area (Å²) in [5.74, 6) is -9.23. The number of esters is 2. The van der Waals surface area contributed by atoms with Crippen molar-refractivity contribution in [1.29, 1.82) is 0 Å². The van der Waals surface area contributed by atoms with Crippen LogP contribution >= 0.6 is 0 Å². The molecule has 0 aliphatic carbocycles. The van der Waals surface area contributed by atoms with Crippen LogP contribution in [0, 0.1) is 17.5 Å². The summed E-state index contributed by atoms with van der Waals surface area (Å²) >= 11 is 0. The van der Waals surface area contributed by atoms with Crippen LogP contribution in [-0.4, -0.2) is 26.2 Å². The van der Waals surface area contributed by atoms with E-state index in [2.05, 4.69) is 9.47 Å². The molecule has 0 unspecified atom stereocenters. The number of halogens is 6. The molecular weight excluding hydrogens is 396 g/mol. The SMILES string of the molecule is COC(=O)C1=C(C(=O)OC)N(c2cc(C(F)(F)F)c(F)c(F)c2F)C=CC=C1. The van der Waals surface area contributed by atoms with Crippen LogP contribution in [0.3, 0.4) is 0 Å². The van der Waals surface area contributed by atoms with Gasteiger partial charge in [0.25, 0.3) is 0 Å². The summed E-state index contributed by atoms with van der Waals surface area (Å²) < 4.78 is 89.8. The van der Waals surface area contributed by atoms with Crippen LogP contribution < -0.4 is 4.90 Å². The van der Waals surface area contributed by atoms with Gasteiger partial charge in [-0.05, 0) is 18.2 Å². The number of rotatable bonds is 3. The molecule has 1 aliphatic heterocycles. The largest absolute Gasteiger partial charge is 0.465 e. The Morgan fingerprint density at radius 3 is 2.07 bits per heavy atom. The number of allylic oxidation sites excluding steroid dienone is 2. The lowest BCUT2D eigenvalue weighted by molar-refractivity contribution is -0.140. The highest BCUT2D eigenvalue weighted by molar-refractivity contribution is 6.05. The van der Waals surface area contributed by atoms with Gasteiger partial charge in [-0.15, -0.1) is 0 Å². The predicted molar refractivity (Wildman–Crippen MR) is 83.1 cm³/mol. The van der Waals surface area contributed by atoms with Crippen LogP contribution in [0.25, 0.3) is 0 Å². The van der Waals surface area contributed by atoms with Crippen molar-refractivity contribution in [2.75, 3.05) is 19.1 Å². The van der Waals surface area contributed by atoms with Gasteiger partial charge in [0, 0.05) is 6.20 Å². The fourth-order valence-corrected chi connectivity index (χ4v) is 2.32. The molecule has 5 nitrogen and oxygen atoms in total. The highest BCUT2D eigenvalue weighted by Gasteiger charge is 2.39. The molecule has 0 saturated heterocycles. The number of carbonyl (C=O) groups is 2. The van der Waals surface area contributed by atoms with Gasteiger partial charge in [0.05, 0.1) is 31.0 Å². The van der Waals surface area contributed by atoms with Gasteiger partial charge in [-0.2, -0.15) is 13.2 Å². The van der Waals surface area contributed by atoms with E-state index in [9.17, 15) is 35.9 Å². The van der Waals surface area contributed by atoms with E-state index in [1.807, 2.05) is 0 Å². The third kappa shape index (κ3) is 3.73. The Bertz CT molecular complexity index is 917. The molecule has 0 amide bonds. The highest BCUT2D eigenvalue weighted by Crippen LogP contribution is 2.38. The highest BCUT2D eigenvalue weighted by atomic mass is 19.4. The molecule has 0 atom stereocenters. The van der Waals surface area contributed by atoms with Crippen LogP contribution in [-0.2, 0) is 25.2 Å². The number of nitrogens with zero attached hydrogens (tertiary/aromatic N) is 1. The molecule has 2 rings (SSSR count). The number of hydrogen-bond acceptors (Lipinski definition) is 5. The molecular formula is C17H11F6NO4. The molecule has 0 saturated carbocycles. The van der Waals surface area contributed by atoms with E-state index in [-0.39, 0.29) is 6.07 Å². The Balaban J connectivity index is 2.86. The van der Waals surface area contributed by atoms with Gasteiger partial charge in [0.1, 0.15) is 5.70 Å². The Morgan fingerprint density at radius 2 is 1.54 bits per heavy atom. The molecule has 1 heterocycles. The summed E-state index contributed by atoms with van der Waals surface area (Å²) in [5, 5.41) is 0. The minimum atomic E-state index is -5.36. The van der Waals surface area contributed by atoms with Gasteiger partial charge in [0.2, 0.25) is 0 Å². The second-order valence-corrected chi connectivity index (χ2v) is 5.20. The van der Waals surface area contributed by atoms with E-state index in [0.29, 0.717) is 4.90 Å². The number of alkyl halides is 3. The molecule has 1 aliphatic rings. The Labute approximate surface area is 154 Å². The Kier molecular flexibility index (Phi) is 5.86. The van der Waals surface area contributed by atoms with Crippen molar-refractivity contribution in [3.8, 4) is 0 Å². The number of methoxy groups -OCH3 is 2. The molecule has 0 bridgehead atoms. The van der Waals surface area contributed by atoms with Gasteiger partial charge in [-0.3, -0.25) is 0 Å². The van der Waals surface area contributed by atoms with Crippen molar-refractivity contribution in [2.45, 2.75) is 6.18 Å². The predicted octanol–water partition coefficient (Wildman–Crippen LogP) is 3.61. The fourth-order valence-electron chi connectivity index (χ4n) is 2.32. The van der Waals surface area contributed by atoms with Gasteiger partial charge >= 0.3 is 18.1 Å². The number of hydrogen-bond donors (Lipinski definition) is 0. The van der Waals surface area contributed by atoms with E-state index in [4.69, 9.17) is 0 Å². The van der Waals surface area contributed by atoms with Crippen molar-refractivity contribution in [3.63, 3.8) is 0 Å². The molecule has 11 heteroatoms. The maximum atomic E-state index is 14.3. The topological polar surface area (TPSA) is 55.8 Å². The van der Waals surface area contributed by atoms with Gasteiger partial charge in [0.15, 0.2) is 17.5 Å². The van der Waals surface area contributed by atoms with Crippen molar-refractivity contribution in [1.82, 2.24) is 0 Å². The number of benzene rings is 1. The molecule has 0 spiro atoms. The third-order valence-corrected chi connectivity index (χ3v) is 3.58. The monoisotopic (exact) mass is 407 g/mol. The van der Waals surface area contributed by atoms with Crippen LogP contribution in [0.1, 0.15) is 5.56 Å². The first kappa shape index (κ1) is 21.1. The number of ether oxygens (including phenoxy) is 2. The lowest BCUT2D eigenvalue weighted by Gasteiger charge is -2.24. The average Bonchev–Trinajstić information content (AvgIpc) is 2.86. The zero-order valence-corrected chi connectivity index (χ0v) is 14.2. The molecule has 1 aromatic carbocycles. The third-order valence-electron chi connectivity index (χ3n) is 3.58. The molecule has 0 radical (unpaired) electrons. The summed E-state index contributed by atoms with van der Waals surface area (Å²) in [6.07, 6.45) is -1.13. The zero-order chi connectivity index (χ0) is 21.2. The van der Waals surface area contributed by atoms with Crippen molar-refractivity contribution in [3.05, 3.63) is 64.8 Å². The first-order chi connectivity index (χ1) is 13.0. The zero-order valence-electron chi connectivity index (χ0n) is 14.2. The maximum Gasteiger partial charge on any atom is 0.419 e. The van der Waals surface area contributed by atoms with Crippen LogP contribution in [0.2, 0.25) is 0 Å². The number of carbonyl (C=O) groups excluding carboxylic acids is 2. The summed E-state index contributed by atoms with van der Waals surface area (Å²) in [6.45, 7) is 0. The van der Waals surface area contributed by atoms with Crippen LogP contribution in [0.4, 0.5) is 32.0 Å². The quantitative estimate of drug-likeness (QED) is 0.435. The lowest BCUT2D eigenvalue weighted by Crippen LogP contribution is -2.28. The van der Waals surface area contributed by atoms with E-state index >= 15 is 0 Å². The van der Waals surface area contributed by atoms with E-state index < -0.39 is 58.1 Å². The first-order valence-corrected chi connectivity index (χ1v) is 7.34. The van der Waals surface area contributed by atoms with E-state index in [1.54, 1.807) is 0 Å².